The molecule has 4 nitrogen and oxygen atoms in total. The minimum absolute atomic E-state index is 0.200. The number of benzene rings is 1. The van der Waals surface area contributed by atoms with Crippen molar-refractivity contribution in [1.82, 2.24) is 10.7 Å². The number of nitrogens with zero attached hydrogens (tertiary/aromatic N) is 1. The zero-order chi connectivity index (χ0) is 11.3. The van der Waals surface area contributed by atoms with Crippen molar-refractivity contribution >= 4 is 39.5 Å². The number of hydrogen-bond acceptors (Lipinski definition) is 3. The smallest absolute Gasteiger partial charge is 0.186 e. The number of halogens is 1. The van der Waals surface area contributed by atoms with Crippen molar-refractivity contribution in [1.29, 1.82) is 0 Å². The SMILES string of the molecule is CNC(=S)N/N=C/c1ccc(O)c(Br)c1. The first-order chi connectivity index (χ1) is 7.13. The minimum Gasteiger partial charge on any atom is -0.507 e. The molecule has 0 aliphatic rings. The molecule has 1 aromatic rings. The van der Waals surface area contributed by atoms with Crippen molar-refractivity contribution in [2.75, 3.05) is 7.05 Å². The van der Waals surface area contributed by atoms with Gasteiger partial charge in [0.1, 0.15) is 5.75 Å². The molecular weight excluding hydrogens is 278 g/mol. The summed E-state index contributed by atoms with van der Waals surface area (Å²) in [5, 5.41) is 16.3. The molecule has 0 unspecified atom stereocenters. The van der Waals surface area contributed by atoms with Crippen molar-refractivity contribution < 1.29 is 5.11 Å². The third kappa shape index (κ3) is 3.85. The number of aromatic hydroxyl groups is 1. The standard InChI is InChI=1S/C9H10BrN3OS/c1-11-9(15)13-12-5-6-2-3-8(14)7(10)4-6/h2-5,14H,1H3,(H2,11,13,15)/b12-5+. The Morgan fingerprint density at radius 3 is 2.93 bits per heavy atom. The zero-order valence-electron chi connectivity index (χ0n) is 7.99. The van der Waals surface area contributed by atoms with E-state index in [0.29, 0.717) is 9.59 Å². The van der Waals surface area contributed by atoms with Crippen LogP contribution in [0.4, 0.5) is 0 Å². The summed E-state index contributed by atoms with van der Waals surface area (Å²) in [7, 11) is 1.71. The molecule has 1 aromatic carbocycles. The van der Waals surface area contributed by atoms with Crippen LogP contribution >= 0.6 is 28.1 Å². The van der Waals surface area contributed by atoms with Gasteiger partial charge in [-0.15, -0.1) is 0 Å². The van der Waals surface area contributed by atoms with Crippen molar-refractivity contribution in [3.8, 4) is 5.75 Å². The zero-order valence-corrected chi connectivity index (χ0v) is 10.4. The van der Waals surface area contributed by atoms with Gasteiger partial charge in [0.15, 0.2) is 5.11 Å². The maximum atomic E-state index is 9.26. The Labute approximate surface area is 102 Å². The lowest BCUT2D eigenvalue weighted by Crippen LogP contribution is -2.28. The van der Waals surface area contributed by atoms with Crippen molar-refractivity contribution in [2.24, 2.45) is 5.10 Å². The number of rotatable bonds is 2. The van der Waals surface area contributed by atoms with E-state index in [2.05, 4.69) is 31.8 Å². The van der Waals surface area contributed by atoms with Gasteiger partial charge in [0.2, 0.25) is 0 Å². The molecule has 1 rings (SSSR count). The van der Waals surface area contributed by atoms with Crippen LogP contribution in [0.1, 0.15) is 5.56 Å². The summed E-state index contributed by atoms with van der Waals surface area (Å²) < 4.78 is 0.627. The van der Waals surface area contributed by atoms with Gasteiger partial charge in [0.25, 0.3) is 0 Å². The fourth-order valence-corrected chi connectivity index (χ4v) is 1.27. The summed E-state index contributed by atoms with van der Waals surface area (Å²) >= 11 is 8.04. The molecule has 0 bridgehead atoms. The van der Waals surface area contributed by atoms with Gasteiger partial charge in [-0.05, 0) is 51.9 Å². The first kappa shape index (κ1) is 11.9. The Morgan fingerprint density at radius 1 is 1.60 bits per heavy atom. The predicted molar refractivity (Wildman–Crippen MR) is 68.2 cm³/mol. The Morgan fingerprint density at radius 2 is 2.33 bits per heavy atom. The van der Waals surface area contributed by atoms with Crippen molar-refractivity contribution in [3.63, 3.8) is 0 Å². The van der Waals surface area contributed by atoms with Crippen LogP contribution in [0.3, 0.4) is 0 Å². The first-order valence-corrected chi connectivity index (χ1v) is 5.33. The molecule has 0 amide bonds. The molecule has 0 heterocycles. The van der Waals surface area contributed by atoms with Crippen LogP contribution in [-0.2, 0) is 0 Å². The maximum absolute atomic E-state index is 9.26. The average Bonchev–Trinajstić information content (AvgIpc) is 2.23. The molecule has 6 heteroatoms. The fraction of sp³-hybridized carbons (Fsp3) is 0.111. The van der Waals surface area contributed by atoms with Crippen LogP contribution in [0.25, 0.3) is 0 Å². The molecule has 3 N–H and O–H groups in total. The average molecular weight is 288 g/mol. The van der Waals surface area contributed by atoms with Gasteiger partial charge < -0.3 is 10.4 Å². The van der Waals surface area contributed by atoms with Crippen LogP contribution in [0.2, 0.25) is 0 Å². The molecule has 80 valence electrons. The lowest BCUT2D eigenvalue weighted by atomic mass is 10.2. The highest BCUT2D eigenvalue weighted by molar-refractivity contribution is 9.10. The topological polar surface area (TPSA) is 56.7 Å². The molecule has 0 radical (unpaired) electrons. The molecule has 0 aliphatic heterocycles. The Hall–Kier alpha value is -1.14. The quantitative estimate of drug-likeness (QED) is 0.439. The molecular formula is C9H10BrN3OS. The second kappa shape index (κ2) is 5.67. The second-order valence-electron chi connectivity index (χ2n) is 2.66. The highest BCUT2D eigenvalue weighted by Gasteiger charge is 1.96. The number of nitrogens with one attached hydrogen (secondary N) is 2. The summed E-state index contributed by atoms with van der Waals surface area (Å²) in [5.74, 6) is 0.200. The molecule has 0 saturated heterocycles. The van der Waals surface area contributed by atoms with Gasteiger partial charge in [-0.1, -0.05) is 0 Å². The Bertz CT molecular complexity index is 395. The molecule has 0 saturated carbocycles. The van der Waals surface area contributed by atoms with E-state index in [0.717, 1.165) is 5.56 Å². The summed E-state index contributed by atoms with van der Waals surface area (Å²) in [5.41, 5.74) is 3.48. The van der Waals surface area contributed by atoms with E-state index >= 15 is 0 Å². The normalized spacial score (nSPS) is 10.3. The predicted octanol–water partition coefficient (Wildman–Crippen LogP) is 1.58. The lowest BCUT2D eigenvalue weighted by molar-refractivity contribution is 0.472. The van der Waals surface area contributed by atoms with Crippen LogP contribution in [0.15, 0.2) is 27.8 Å². The van der Waals surface area contributed by atoms with Crippen molar-refractivity contribution in [2.45, 2.75) is 0 Å². The number of phenols is 1. The van der Waals surface area contributed by atoms with Gasteiger partial charge in [-0.3, -0.25) is 5.43 Å². The third-order valence-electron chi connectivity index (χ3n) is 1.58. The van der Waals surface area contributed by atoms with E-state index in [4.69, 9.17) is 12.2 Å². The molecule has 15 heavy (non-hydrogen) atoms. The number of hydrogen-bond donors (Lipinski definition) is 3. The third-order valence-corrected chi connectivity index (χ3v) is 2.51. The van der Waals surface area contributed by atoms with Gasteiger partial charge in [0, 0.05) is 7.05 Å². The van der Waals surface area contributed by atoms with Gasteiger partial charge in [-0.2, -0.15) is 5.10 Å². The Balaban J connectivity index is 2.65. The van der Waals surface area contributed by atoms with Gasteiger partial charge in [0.05, 0.1) is 10.7 Å². The number of thiocarbonyl (C=S) groups is 1. The van der Waals surface area contributed by atoms with E-state index in [1.54, 1.807) is 31.5 Å². The number of hydrazone groups is 1. The molecule has 0 atom stereocenters. The summed E-state index contributed by atoms with van der Waals surface area (Å²) in [6, 6.07) is 5.08. The van der Waals surface area contributed by atoms with E-state index in [-0.39, 0.29) is 5.75 Å². The van der Waals surface area contributed by atoms with E-state index in [1.165, 1.54) is 0 Å². The first-order valence-electron chi connectivity index (χ1n) is 4.13. The monoisotopic (exact) mass is 287 g/mol. The largest absolute Gasteiger partial charge is 0.507 e. The van der Waals surface area contributed by atoms with Crippen LogP contribution in [-0.4, -0.2) is 23.5 Å². The van der Waals surface area contributed by atoms with E-state index in [1.807, 2.05) is 0 Å². The van der Waals surface area contributed by atoms with E-state index in [9.17, 15) is 5.11 Å². The summed E-state index contributed by atoms with van der Waals surface area (Å²) in [6.45, 7) is 0. The molecule has 0 aliphatic carbocycles. The number of phenolic OH excluding ortho intramolecular Hbond substituents is 1. The molecule has 0 aromatic heterocycles. The highest BCUT2D eigenvalue weighted by Crippen LogP contribution is 2.23. The Kier molecular flexibility index (Phi) is 4.51. The summed E-state index contributed by atoms with van der Waals surface area (Å²) in [6.07, 6.45) is 1.60. The summed E-state index contributed by atoms with van der Waals surface area (Å²) in [4.78, 5) is 0. The highest BCUT2D eigenvalue weighted by atomic mass is 79.9. The minimum atomic E-state index is 0.200. The molecule has 0 fully saturated rings. The van der Waals surface area contributed by atoms with Crippen LogP contribution in [0.5, 0.6) is 5.75 Å². The van der Waals surface area contributed by atoms with Crippen LogP contribution in [0, 0.1) is 0 Å². The second-order valence-corrected chi connectivity index (χ2v) is 3.92. The van der Waals surface area contributed by atoms with E-state index < -0.39 is 0 Å². The van der Waals surface area contributed by atoms with Crippen LogP contribution < -0.4 is 10.7 Å². The fourth-order valence-electron chi connectivity index (χ4n) is 0.825. The van der Waals surface area contributed by atoms with Gasteiger partial charge >= 0.3 is 0 Å². The molecule has 0 spiro atoms. The van der Waals surface area contributed by atoms with Crippen molar-refractivity contribution in [3.05, 3.63) is 28.2 Å². The van der Waals surface area contributed by atoms with Gasteiger partial charge in [-0.25, -0.2) is 0 Å². The maximum Gasteiger partial charge on any atom is 0.186 e. The lowest BCUT2D eigenvalue weighted by Gasteiger charge is -2.00.